The third-order valence-corrected chi connectivity index (χ3v) is 5.78. The number of halogens is 1. The molecule has 0 aliphatic carbocycles. The van der Waals surface area contributed by atoms with Crippen molar-refractivity contribution in [3.63, 3.8) is 0 Å². The summed E-state index contributed by atoms with van der Waals surface area (Å²) in [5, 5.41) is 2.61. The zero-order chi connectivity index (χ0) is 24.1. The molecule has 2 aromatic carbocycles. The number of nitrogens with zero attached hydrogens (tertiary/aromatic N) is 3. The first-order valence-corrected chi connectivity index (χ1v) is 11.1. The van der Waals surface area contributed by atoms with Crippen LogP contribution in [-0.2, 0) is 20.9 Å². The average molecular weight is 471 g/mol. The first-order chi connectivity index (χ1) is 16.4. The van der Waals surface area contributed by atoms with Crippen molar-refractivity contribution in [1.29, 1.82) is 0 Å². The van der Waals surface area contributed by atoms with Gasteiger partial charge in [-0.2, -0.15) is 0 Å². The molecule has 2 aromatic rings. The number of benzene rings is 2. The number of nitrogens with one attached hydrogen (secondary N) is 1. The van der Waals surface area contributed by atoms with Crippen molar-refractivity contribution >= 4 is 29.5 Å². The standard InChI is InChI=1S/C24H27FN4O5/c1-17(30)26-14-20-15-29(24(32)34-20)19-7-8-22(21(25)13-19)27-9-11-28(12-10-27)23(31)33-16-18-5-3-2-4-6-18/h2-8,13,20H,9-12,14-16H2,1H3,(H,26,30)/t20-/m0/s1. The largest absolute Gasteiger partial charge is 0.445 e. The van der Waals surface area contributed by atoms with Crippen LogP contribution in [0.15, 0.2) is 48.5 Å². The van der Waals surface area contributed by atoms with Gasteiger partial charge in [0.15, 0.2) is 0 Å². The van der Waals surface area contributed by atoms with E-state index in [0.29, 0.717) is 37.6 Å². The summed E-state index contributed by atoms with van der Waals surface area (Å²) in [7, 11) is 0. The van der Waals surface area contributed by atoms with Gasteiger partial charge in [0.2, 0.25) is 5.91 Å². The fourth-order valence-electron chi connectivity index (χ4n) is 3.96. The van der Waals surface area contributed by atoms with Crippen molar-refractivity contribution in [2.75, 3.05) is 49.1 Å². The van der Waals surface area contributed by atoms with E-state index in [1.807, 2.05) is 35.2 Å². The molecular weight excluding hydrogens is 443 g/mol. The molecule has 10 heteroatoms. The van der Waals surface area contributed by atoms with Gasteiger partial charge in [-0.25, -0.2) is 14.0 Å². The number of anilines is 2. The predicted octanol–water partition coefficient (Wildman–Crippen LogP) is 2.75. The maximum atomic E-state index is 14.9. The number of cyclic esters (lactones) is 1. The molecule has 1 N–H and O–H groups in total. The van der Waals surface area contributed by atoms with Crippen molar-refractivity contribution in [1.82, 2.24) is 10.2 Å². The second-order valence-corrected chi connectivity index (χ2v) is 8.20. The molecule has 2 aliphatic rings. The zero-order valence-corrected chi connectivity index (χ0v) is 18.9. The Hall–Kier alpha value is -3.82. The number of hydrogen-bond donors (Lipinski definition) is 1. The number of hydrogen-bond acceptors (Lipinski definition) is 6. The monoisotopic (exact) mass is 470 g/mol. The molecule has 1 atom stereocenters. The molecule has 4 rings (SSSR count). The number of rotatable bonds is 6. The molecule has 0 bridgehead atoms. The minimum atomic E-state index is -0.579. The molecule has 2 fully saturated rings. The molecule has 2 saturated heterocycles. The Morgan fingerprint density at radius 2 is 1.85 bits per heavy atom. The van der Waals surface area contributed by atoms with Crippen LogP contribution in [0.5, 0.6) is 0 Å². The highest BCUT2D eigenvalue weighted by Crippen LogP contribution is 2.28. The minimum absolute atomic E-state index is 0.205. The number of carbonyl (C=O) groups is 3. The average Bonchev–Trinajstić information content (AvgIpc) is 3.22. The summed E-state index contributed by atoms with van der Waals surface area (Å²) in [5.74, 6) is -0.676. The van der Waals surface area contributed by atoms with Gasteiger partial charge in [-0.05, 0) is 23.8 Å². The summed E-state index contributed by atoms with van der Waals surface area (Å²) >= 11 is 0. The molecule has 0 radical (unpaired) electrons. The van der Waals surface area contributed by atoms with E-state index in [4.69, 9.17) is 9.47 Å². The van der Waals surface area contributed by atoms with Gasteiger partial charge >= 0.3 is 12.2 Å². The number of piperazine rings is 1. The third-order valence-electron chi connectivity index (χ3n) is 5.78. The molecule has 0 unspecified atom stereocenters. The second-order valence-electron chi connectivity index (χ2n) is 8.20. The lowest BCUT2D eigenvalue weighted by atomic mass is 10.2. The fraction of sp³-hybridized carbons (Fsp3) is 0.375. The first-order valence-electron chi connectivity index (χ1n) is 11.1. The lowest BCUT2D eigenvalue weighted by molar-refractivity contribution is -0.119. The minimum Gasteiger partial charge on any atom is -0.445 e. The van der Waals surface area contributed by atoms with E-state index in [2.05, 4.69) is 5.32 Å². The SMILES string of the molecule is CC(=O)NC[C@H]1CN(c2ccc(N3CCN(C(=O)OCc4ccccc4)CC3)c(F)c2)C(=O)O1. The Morgan fingerprint density at radius 1 is 1.12 bits per heavy atom. The summed E-state index contributed by atoms with van der Waals surface area (Å²) in [5.41, 5.74) is 1.71. The van der Waals surface area contributed by atoms with Crippen LogP contribution in [0.25, 0.3) is 0 Å². The van der Waals surface area contributed by atoms with Gasteiger partial charge in [0.1, 0.15) is 18.5 Å². The first kappa shape index (κ1) is 23.3. The highest BCUT2D eigenvalue weighted by atomic mass is 19.1. The number of carbonyl (C=O) groups excluding carboxylic acids is 3. The van der Waals surface area contributed by atoms with Gasteiger partial charge < -0.3 is 24.6 Å². The van der Waals surface area contributed by atoms with Gasteiger partial charge in [-0.15, -0.1) is 0 Å². The normalized spacial score (nSPS) is 18.0. The quantitative estimate of drug-likeness (QED) is 0.698. The van der Waals surface area contributed by atoms with Crippen LogP contribution in [0, 0.1) is 5.82 Å². The summed E-state index contributed by atoms with van der Waals surface area (Å²) in [6, 6.07) is 14.1. The molecule has 180 valence electrons. The smallest absolute Gasteiger partial charge is 0.414 e. The van der Waals surface area contributed by atoms with Crippen LogP contribution in [0.3, 0.4) is 0 Å². The molecule has 9 nitrogen and oxygen atoms in total. The van der Waals surface area contributed by atoms with Crippen LogP contribution < -0.4 is 15.1 Å². The topological polar surface area (TPSA) is 91.4 Å². The van der Waals surface area contributed by atoms with Crippen LogP contribution in [-0.4, -0.2) is 68.4 Å². The van der Waals surface area contributed by atoms with Crippen molar-refractivity contribution < 1.29 is 28.2 Å². The van der Waals surface area contributed by atoms with E-state index in [0.717, 1.165) is 5.56 Å². The van der Waals surface area contributed by atoms with Crippen LogP contribution >= 0.6 is 0 Å². The molecule has 2 aliphatic heterocycles. The Balaban J connectivity index is 1.30. The lowest BCUT2D eigenvalue weighted by Crippen LogP contribution is -2.49. The van der Waals surface area contributed by atoms with E-state index >= 15 is 0 Å². The van der Waals surface area contributed by atoms with E-state index in [1.165, 1.54) is 17.9 Å². The molecule has 0 spiro atoms. The zero-order valence-electron chi connectivity index (χ0n) is 18.9. The Bertz CT molecular complexity index is 1040. The van der Waals surface area contributed by atoms with Gasteiger partial charge in [0.05, 0.1) is 24.5 Å². The predicted molar refractivity (Wildman–Crippen MR) is 123 cm³/mol. The Morgan fingerprint density at radius 3 is 2.53 bits per heavy atom. The second kappa shape index (κ2) is 10.4. The number of ether oxygens (including phenoxy) is 2. The summed E-state index contributed by atoms with van der Waals surface area (Å²) in [4.78, 5) is 40.4. The lowest BCUT2D eigenvalue weighted by Gasteiger charge is -2.35. The van der Waals surface area contributed by atoms with Crippen LogP contribution in [0.4, 0.5) is 25.4 Å². The third kappa shape index (κ3) is 5.56. The van der Waals surface area contributed by atoms with E-state index < -0.39 is 18.0 Å². The van der Waals surface area contributed by atoms with Gasteiger partial charge in [-0.1, -0.05) is 30.3 Å². The molecule has 34 heavy (non-hydrogen) atoms. The van der Waals surface area contributed by atoms with Gasteiger partial charge in [0.25, 0.3) is 0 Å². The molecule has 2 heterocycles. The van der Waals surface area contributed by atoms with E-state index in [1.54, 1.807) is 17.0 Å². The van der Waals surface area contributed by atoms with Crippen molar-refractivity contribution in [2.24, 2.45) is 0 Å². The molecule has 0 aromatic heterocycles. The van der Waals surface area contributed by atoms with Crippen LogP contribution in [0.1, 0.15) is 12.5 Å². The highest BCUT2D eigenvalue weighted by molar-refractivity contribution is 5.90. The summed E-state index contributed by atoms with van der Waals surface area (Å²) in [6.45, 7) is 3.77. The van der Waals surface area contributed by atoms with Crippen molar-refractivity contribution in [3.8, 4) is 0 Å². The maximum Gasteiger partial charge on any atom is 0.414 e. The maximum absolute atomic E-state index is 14.9. The van der Waals surface area contributed by atoms with E-state index in [-0.39, 0.29) is 31.7 Å². The Labute approximate surface area is 197 Å². The summed E-state index contributed by atoms with van der Waals surface area (Å²) in [6.07, 6.45) is -1.46. The van der Waals surface area contributed by atoms with Crippen LogP contribution in [0.2, 0.25) is 0 Å². The van der Waals surface area contributed by atoms with Crippen molar-refractivity contribution in [3.05, 3.63) is 59.9 Å². The number of amides is 3. The molecular formula is C24H27FN4O5. The highest BCUT2D eigenvalue weighted by Gasteiger charge is 2.33. The Kier molecular flexibility index (Phi) is 7.15. The van der Waals surface area contributed by atoms with Gasteiger partial charge in [-0.3, -0.25) is 9.69 Å². The molecule has 0 saturated carbocycles. The molecule has 3 amide bonds. The van der Waals surface area contributed by atoms with E-state index in [9.17, 15) is 18.8 Å². The fourth-order valence-corrected chi connectivity index (χ4v) is 3.96. The summed E-state index contributed by atoms with van der Waals surface area (Å²) < 4.78 is 25.6. The van der Waals surface area contributed by atoms with Crippen molar-refractivity contribution in [2.45, 2.75) is 19.6 Å². The van der Waals surface area contributed by atoms with Gasteiger partial charge in [0, 0.05) is 33.1 Å².